The lowest BCUT2D eigenvalue weighted by Crippen LogP contribution is -2.22. The molecule has 1 aromatic carbocycles. The summed E-state index contributed by atoms with van der Waals surface area (Å²) in [6.45, 7) is 0.490. The lowest BCUT2D eigenvalue weighted by Gasteiger charge is -2.06. The van der Waals surface area contributed by atoms with Gasteiger partial charge in [0.05, 0.1) is 5.56 Å². The summed E-state index contributed by atoms with van der Waals surface area (Å²) in [6, 6.07) is 4.57. The first kappa shape index (κ1) is 19.7. The molecule has 1 rings (SSSR count). The topological polar surface area (TPSA) is 58.2 Å². The van der Waals surface area contributed by atoms with Crippen molar-refractivity contribution in [1.82, 2.24) is 10.6 Å². The number of halogens is 3. The minimum atomic E-state index is -4.36. The van der Waals surface area contributed by atoms with E-state index in [-0.39, 0.29) is 11.8 Å². The molecule has 2 amide bonds. The van der Waals surface area contributed by atoms with Crippen molar-refractivity contribution in [2.45, 2.75) is 31.9 Å². The number of unbranched alkanes of at least 4 members (excludes halogenated alkanes) is 2. The molecule has 0 saturated heterocycles. The predicted molar refractivity (Wildman–Crippen MR) is 86.0 cm³/mol. The molecule has 0 spiro atoms. The minimum absolute atomic E-state index is 0.00138. The van der Waals surface area contributed by atoms with Crippen molar-refractivity contribution >= 4 is 17.9 Å². The maximum absolute atomic E-state index is 12.4. The van der Waals surface area contributed by atoms with Gasteiger partial charge in [-0.25, -0.2) is 0 Å². The van der Waals surface area contributed by atoms with Gasteiger partial charge in [-0.05, 0) is 36.6 Å². The Morgan fingerprint density at radius 2 is 1.75 bits per heavy atom. The number of carbonyl (C=O) groups is 2. The molecule has 0 bridgehead atoms. The molecule has 0 aliphatic rings. The van der Waals surface area contributed by atoms with Crippen molar-refractivity contribution in [2.24, 2.45) is 0 Å². The number of rotatable bonds is 8. The lowest BCUT2D eigenvalue weighted by molar-refractivity contribution is -0.137. The monoisotopic (exact) mass is 342 g/mol. The molecule has 0 atom stereocenters. The Balaban J connectivity index is 2.27. The first-order valence-electron chi connectivity index (χ1n) is 7.66. The summed E-state index contributed by atoms with van der Waals surface area (Å²) >= 11 is 0. The Labute approximate surface area is 139 Å². The summed E-state index contributed by atoms with van der Waals surface area (Å²) in [6.07, 6.45) is 1.20. The van der Waals surface area contributed by atoms with Crippen LogP contribution < -0.4 is 10.6 Å². The van der Waals surface area contributed by atoms with E-state index in [0.717, 1.165) is 31.4 Å². The molecular formula is C17H21F3N2O2. The Morgan fingerprint density at radius 3 is 2.33 bits per heavy atom. The van der Waals surface area contributed by atoms with Crippen LogP contribution in [0.1, 0.15) is 36.8 Å². The largest absolute Gasteiger partial charge is 0.416 e. The molecule has 1 aromatic rings. The molecule has 0 unspecified atom stereocenters. The van der Waals surface area contributed by atoms with E-state index in [0.29, 0.717) is 18.5 Å². The summed E-state index contributed by atoms with van der Waals surface area (Å²) in [4.78, 5) is 22.6. The van der Waals surface area contributed by atoms with Crippen molar-refractivity contribution in [3.63, 3.8) is 0 Å². The fraction of sp³-hybridized carbons (Fsp3) is 0.412. The first-order chi connectivity index (χ1) is 11.3. The maximum atomic E-state index is 12.4. The van der Waals surface area contributed by atoms with Gasteiger partial charge in [0.25, 0.3) is 0 Å². The Bertz CT molecular complexity index is 566. The molecule has 0 fully saturated rings. The minimum Gasteiger partial charge on any atom is -0.359 e. The van der Waals surface area contributed by atoms with Crippen molar-refractivity contribution in [2.75, 3.05) is 13.6 Å². The standard InChI is InChI=1S/C17H21F3N2O2/c1-21-15(23)5-3-2-4-12-22-16(24)11-8-13-6-9-14(10-7-13)17(18,19)20/h6-11H,2-5,12H2,1H3,(H,21,23)(H,22,24)/b11-8+. The van der Waals surface area contributed by atoms with Gasteiger partial charge in [-0.2, -0.15) is 13.2 Å². The summed E-state index contributed by atoms with van der Waals surface area (Å²) in [5, 5.41) is 5.22. The van der Waals surface area contributed by atoms with E-state index >= 15 is 0 Å². The molecule has 0 radical (unpaired) electrons. The molecule has 0 saturated carbocycles. The molecule has 2 N–H and O–H groups in total. The van der Waals surface area contributed by atoms with Crippen molar-refractivity contribution in [3.05, 3.63) is 41.5 Å². The summed E-state index contributed by atoms with van der Waals surface area (Å²) in [5.41, 5.74) is -0.204. The number of alkyl halides is 3. The third-order valence-electron chi connectivity index (χ3n) is 3.32. The molecule has 0 aliphatic heterocycles. The molecular weight excluding hydrogens is 321 g/mol. The Hall–Kier alpha value is -2.31. The number of amides is 2. The molecule has 24 heavy (non-hydrogen) atoms. The summed E-state index contributed by atoms with van der Waals surface area (Å²) in [7, 11) is 1.59. The second kappa shape index (κ2) is 9.75. The highest BCUT2D eigenvalue weighted by molar-refractivity contribution is 5.91. The second-order valence-electron chi connectivity index (χ2n) is 5.23. The van der Waals surface area contributed by atoms with Crippen molar-refractivity contribution in [1.29, 1.82) is 0 Å². The average Bonchev–Trinajstić information content (AvgIpc) is 2.55. The second-order valence-corrected chi connectivity index (χ2v) is 5.23. The molecule has 0 heterocycles. The van der Waals surface area contributed by atoms with E-state index in [1.807, 2.05) is 0 Å². The van der Waals surface area contributed by atoms with E-state index in [1.165, 1.54) is 24.3 Å². The van der Waals surface area contributed by atoms with Crippen LogP contribution in [0.4, 0.5) is 13.2 Å². The number of nitrogens with one attached hydrogen (secondary N) is 2. The normalized spacial score (nSPS) is 11.5. The predicted octanol–water partition coefficient (Wildman–Crippen LogP) is 3.14. The van der Waals surface area contributed by atoms with Gasteiger partial charge in [0.15, 0.2) is 0 Å². The fourth-order valence-corrected chi connectivity index (χ4v) is 1.94. The average molecular weight is 342 g/mol. The van der Waals surface area contributed by atoms with Crippen LogP contribution in [0, 0.1) is 0 Å². The Morgan fingerprint density at radius 1 is 1.08 bits per heavy atom. The SMILES string of the molecule is CNC(=O)CCCCCNC(=O)/C=C/c1ccc(C(F)(F)F)cc1. The number of hydrogen-bond acceptors (Lipinski definition) is 2. The van der Waals surface area contributed by atoms with Gasteiger partial charge in [0.2, 0.25) is 11.8 Å². The molecule has 4 nitrogen and oxygen atoms in total. The smallest absolute Gasteiger partial charge is 0.359 e. The van der Waals surface area contributed by atoms with Crippen LogP contribution in [0.2, 0.25) is 0 Å². The summed E-state index contributed by atoms with van der Waals surface area (Å²) in [5.74, 6) is -0.306. The molecule has 0 aromatic heterocycles. The molecule has 7 heteroatoms. The highest BCUT2D eigenvalue weighted by Gasteiger charge is 2.29. The highest BCUT2D eigenvalue weighted by atomic mass is 19.4. The van der Waals surface area contributed by atoms with Gasteiger partial charge in [0.1, 0.15) is 0 Å². The van der Waals surface area contributed by atoms with Gasteiger partial charge in [-0.15, -0.1) is 0 Å². The van der Waals surface area contributed by atoms with Crippen LogP contribution in [0.5, 0.6) is 0 Å². The lowest BCUT2D eigenvalue weighted by atomic mass is 10.1. The fourth-order valence-electron chi connectivity index (χ4n) is 1.94. The van der Waals surface area contributed by atoms with Crippen LogP contribution in [-0.4, -0.2) is 25.4 Å². The number of hydrogen-bond donors (Lipinski definition) is 2. The Kier molecular flexibility index (Phi) is 8.01. The van der Waals surface area contributed by atoms with Gasteiger partial charge in [0, 0.05) is 26.1 Å². The zero-order valence-electron chi connectivity index (χ0n) is 13.5. The van der Waals surface area contributed by atoms with Gasteiger partial charge in [-0.1, -0.05) is 18.6 Å². The van der Waals surface area contributed by atoms with Crippen molar-refractivity contribution < 1.29 is 22.8 Å². The van der Waals surface area contributed by atoms with Crippen LogP contribution >= 0.6 is 0 Å². The van der Waals surface area contributed by atoms with Crippen molar-refractivity contribution in [3.8, 4) is 0 Å². The van der Waals surface area contributed by atoms with Gasteiger partial charge >= 0.3 is 6.18 Å². The first-order valence-corrected chi connectivity index (χ1v) is 7.66. The third kappa shape index (κ3) is 7.80. The zero-order valence-corrected chi connectivity index (χ0v) is 13.5. The van der Waals surface area contributed by atoms with E-state index in [4.69, 9.17) is 0 Å². The van der Waals surface area contributed by atoms with Gasteiger partial charge in [-0.3, -0.25) is 9.59 Å². The highest BCUT2D eigenvalue weighted by Crippen LogP contribution is 2.29. The van der Waals surface area contributed by atoms with E-state index in [1.54, 1.807) is 7.05 Å². The van der Waals surface area contributed by atoms with Crippen LogP contribution in [0.25, 0.3) is 6.08 Å². The zero-order chi connectivity index (χ0) is 18.0. The molecule has 0 aliphatic carbocycles. The van der Waals surface area contributed by atoms with Gasteiger partial charge < -0.3 is 10.6 Å². The van der Waals surface area contributed by atoms with E-state index in [9.17, 15) is 22.8 Å². The van der Waals surface area contributed by atoms with Crippen LogP contribution in [0.15, 0.2) is 30.3 Å². The number of benzene rings is 1. The van der Waals surface area contributed by atoms with Crippen LogP contribution in [-0.2, 0) is 15.8 Å². The quantitative estimate of drug-likeness (QED) is 0.563. The van der Waals surface area contributed by atoms with E-state index < -0.39 is 11.7 Å². The maximum Gasteiger partial charge on any atom is 0.416 e. The number of carbonyl (C=O) groups excluding carboxylic acids is 2. The molecule has 132 valence electrons. The summed E-state index contributed by atoms with van der Waals surface area (Å²) < 4.78 is 37.3. The van der Waals surface area contributed by atoms with E-state index in [2.05, 4.69) is 10.6 Å². The third-order valence-corrected chi connectivity index (χ3v) is 3.32. The van der Waals surface area contributed by atoms with Crippen LogP contribution in [0.3, 0.4) is 0 Å².